The molecule has 0 spiro atoms. The molecule has 1 aromatic heterocycles. The Balaban J connectivity index is 1.86. The van der Waals surface area contributed by atoms with Crippen molar-refractivity contribution in [2.75, 3.05) is 13.1 Å². The Hall–Kier alpha value is -3.67. The van der Waals surface area contributed by atoms with Crippen LogP contribution in [0.4, 0.5) is 13.6 Å². The first-order valence-electron chi connectivity index (χ1n) is 11.4. The second-order valence-corrected chi connectivity index (χ2v) is 8.44. The molecule has 0 saturated carbocycles. The lowest BCUT2D eigenvalue weighted by molar-refractivity contribution is 0.157. The van der Waals surface area contributed by atoms with Crippen LogP contribution in [0, 0.1) is 25.5 Å². The zero-order chi connectivity index (χ0) is 24.4. The molecule has 0 bridgehead atoms. The van der Waals surface area contributed by atoms with Gasteiger partial charge in [-0.1, -0.05) is 23.8 Å². The first-order chi connectivity index (χ1) is 16.3. The fourth-order valence-electron chi connectivity index (χ4n) is 4.27. The van der Waals surface area contributed by atoms with Crippen molar-refractivity contribution in [2.24, 2.45) is 0 Å². The number of aromatic nitrogens is 1. The molecule has 0 aliphatic carbocycles. The second-order valence-electron chi connectivity index (χ2n) is 8.44. The number of halogens is 2. The van der Waals surface area contributed by atoms with Crippen LogP contribution in [0.1, 0.15) is 30.5 Å². The fourth-order valence-corrected chi connectivity index (χ4v) is 4.27. The molecule has 4 rings (SSSR count). The number of aryl methyl sites for hydroxylation is 2. The van der Waals surface area contributed by atoms with Crippen molar-refractivity contribution in [3.63, 3.8) is 0 Å². The normalized spacial score (nSPS) is 11.1. The van der Waals surface area contributed by atoms with E-state index in [2.05, 4.69) is 36.6 Å². The van der Waals surface area contributed by atoms with Gasteiger partial charge in [-0.3, -0.25) is 0 Å². The van der Waals surface area contributed by atoms with Crippen LogP contribution in [-0.2, 0) is 6.54 Å². The lowest BCUT2D eigenvalue weighted by Crippen LogP contribution is -2.33. The molecule has 4 aromatic rings. The smallest absolute Gasteiger partial charge is 0.410 e. The van der Waals surface area contributed by atoms with E-state index in [4.69, 9.17) is 4.74 Å². The van der Waals surface area contributed by atoms with Crippen molar-refractivity contribution in [1.29, 1.82) is 0 Å². The Kier molecular flexibility index (Phi) is 6.68. The number of hydrogen-bond acceptors (Lipinski definition) is 2. The third-order valence-corrected chi connectivity index (χ3v) is 6.13. The van der Waals surface area contributed by atoms with Gasteiger partial charge in [-0.25, -0.2) is 13.6 Å². The Morgan fingerprint density at radius 2 is 1.65 bits per heavy atom. The van der Waals surface area contributed by atoms with E-state index in [9.17, 15) is 13.6 Å². The van der Waals surface area contributed by atoms with Crippen molar-refractivity contribution >= 4 is 17.0 Å². The Bertz CT molecular complexity index is 1340. The topological polar surface area (TPSA) is 34.5 Å². The molecule has 0 unspecified atom stereocenters. The number of rotatable bonds is 6. The van der Waals surface area contributed by atoms with Crippen molar-refractivity contribution in [2.45, 2.75) is 34.2 Å². The van der Waals surface area contributed by atoms with Gasteiger partial charge in [0.05, 0.1) is 0 Å². The number of nitrogens with zero attached hydrogens (tertiary/aromatic N) is 2. The number of ether oxygens (including phenoxy) is 1. The average molecular weight is 463 g/mol. The summed E-state index contributed by atoms with van der Waals surface area (Å²) in [4.78, 5) is 14.2. The van der Waals surface area contributed by atoms with E-state index in [0.717, 1.165) is 17.0 Å². The van der Waals surface area contributed by atoms with Crippen LogP contribution in [0.15, 0.2) is 60.8 Å². The summed E-state index contributed by atoms with van der Waals surface area (Å²) < 4.78 is 36.1. The van der Waals surface area contributed by atoms with Crippen molar-refractivity contribution in [1.82, 2.24) is 9.47 Å². The molecule has 176 valence electrons. The molecule has 3 aromatic carbocycles. The number of carbonyl (C=O) groups is 1. The van der Waals surface area contributed by atoms with Crippen molar-refractivity contribution in [3.8, 4) is 16.9 Å². The van der Waals surface area contributed by atoms with E-state index < -0.39 is 17.7 Å². The summed E-state index contributed by atoms with van der Waals surface area (Å²) in [6, 6.07) is 15.2. The Morgan fingerprint density at radius 3 is 2.32 bits per heavy atom. The molecular formula is C28H28F2N2O2. The monoisotopic (exact) mass is 462 g/mol. The standard InChI is InChI=1S/C28H28F2N2O2/c1-5-31(6-2)28(33)34-26-10-9-25-24(27(26)20-14-22(29)16-23(30)15-20)11-12-32(25)17-21-13-18(3)7-8-19(21)4/h7-16H,5-6,17H2,1-4H3. The molecule has 0 aliphatic rings. The summed E-state index contributed by atoms with van der Waals surface area (Å²) in [6.45, 7) is 9.50. The molecule has 0 aliphatic heterocycles. The van der Waals surface area contributed by atoms with Crippen LogP contribution in [-0.4, -0.2) is 28.6 Å². The van der Waals surface area contributed by atoms with E-state index in [1.165, 1.54) is 28.8 Å². The highest BCUT2D eigenvalue weighted by molar-refractivity contribution is 5.99. The summed E-state index contributed by atoms with van der Waals surface area (Å²) in [5.74, 6) is -1.12. The molecule has 34 heavy (non-hydrogen) atoms. The van der Waals surface area contributed by atoms with Crippen LogP contribution in [0.5, 0.6) is 5.75 Å². The van der Waals surface area contributed by atoms with E-state index >= 15 is 0 Å². The summed E-state index contributed by atoms with van der Waals surface area (Å²) >= 11 is 0. The molecule has 0 saturated heterocycles. The third-order valence-electron chi connectivity index (χ3n) is 6.13. The molecular weight excluding hydrogens is 434 g/mol. The average Bonchev–Trinajstić information content (AvgIpc) is 3.19. The van der Waals surface area contributed by atoms with Gasteiger partial charge in [0, 0.05) is 48.4 Å². The fraction of sp³-hybridized carbons (Fsp3) is 0.250. The van der Waals surface area contributed by atoms with Crippen LogP contribution >= 0.6 is 0 Å². The highest BCUT2D eigenvalue weighted by Crippen LogP contribution is 2.39. The molecule has 6 heteroatoms. The SMILES string of the molecule is CCN(CC)C(=O)Oc1ccc2c(ccn2Cc2cc(C)ccc2C)c1-c1cc(F)cc(F)c1. The minimum atomic E-state index is -0.692. The van der Waals surface area contributed by atoms with Crippen molar-refractivity contribution < 1.29 is 18.3 Å². The summed E-state index contributed by atoms with van der Waals surface area (Å²) in [6.07, 6.45) is 1.44. The number of benzene rings is 3. The Morgan fingerprint density at radius 1 is 0.941 bits per heavy atom. The first kappa shape index (κ1) is 23.5. The lowest BCUT2D eigenvalue weighted by atomic mass is 10.00. The van der Waals surface area contributed by atoms with Crippen LogP contribution in [0.25, 0.3) is 22.0 Å². The molecule has 4 nitrogen and oxygen atoms in total. The van der Waals surface area contributed by atoms with E-state index in [-0.39, 0.29) is 5.75 Å². The molecule has 1 heterocycles. The quantitative estimate of drug-likeness (QED) is 0.306. The number of hydrogen-bond donors (Lipinski definition) is 0. The predicted molar refractivity (Wildman–Crippen MR) is 131 cm³/mol. The Labute approximate surface area is 198 Å². The largest absolute Gasteiger partial charge is 0.415 e. The summed E-state index contributed by atoms with van der Waals surface area (Å²) in [7, 11) is 0. The molecule has 0 radical (unpaired) electrons. The maximum absolute atomic E-state index is 14.2. The maximum Gasteiger partial charge on any atom is 0.415 e. The number of amides is 1. The summed E-state index contributed by atoms with van der Waals surface area (Å²) in [5, 5.41) is 0.750. The lowest BCUT2D eigenvalue weighted by Gasteiger charge is -2.20. The van der Waals surface area contributed by atoms with Gasteiger partial charge in [-0.05, 0) is 74.7 Å². The van der Waals surface area contributed by atoms with Crippen molar-refractivity contribution in [3.05, 3.63) is 89.1 Å². The molecule has 0 atom stereocenters. The van der Waals surface area contributed by atoms with Gasteiger partial charge in [-0.15, -0.1) is 0 Å². The highest BCUT2D eigenvalue weighted by Gasteiger charge is 2.20. The van der Waals surface area contributed by atoms with Crippen LogP contribution in [0.2, 0.25) is 0 Å². The van der Waals surface area contributed by atoms with E-state index in [1.54, 1.807) is 11.0 Å². The molecule has 0 N–H and O–H groups in total. The minimum Gasteiger partial charge on any atom is -0.410 e. The van der Waals surface area contributed by atoms with E-state index in [1.807, 2.05) is 32.2 Å². The van der Waals surface area contributed by atoms with Gasteiger partial charge < -0.3 is 14.2 Å². The van der Waals surface area contributed by atoms with Crippen LogP contribution in [0.3, 0.4) is 0 Å². The zero-order valence-electron chi connectivity index (χ0n) is 19.9. The predicted octanol–water partition coefficient (Wildman–Crippen LogP) is 7.09. The minimum absolute atomic E-state index is 0.263. The number of fused-ring (bicyclic) bond motifs is 1. The molecule has 0 fully saturated rings. The first-order valence-corrected chi connectivity index (χ1v) is 11.4. The highest BCUT2D eigenvalue weighted by atomic mass is 19.1. The third kappa shape index (κ3) is 4.67. The van der Waals surface area contributed by atoms with Gasteiger partial charge in [0.2, 0.25) is 0 Å². The van der Waals surface area contributed by atoms with Gasteiger partial charge >= 0.3 is 6.09 Å². The van der Waals surface area contributed by atoms with Gasteiger partial charge in [0.25, 0.3) is 0 Å². The van der Waals surface area contributed by atoms with Crippen LogP contribution < -0.4 is 4.74 Å². The van der Waals surface area contributed by atoms with Gasteiger partial charge in [-0.2, -0.15) is 0 Å². The van der Waals surface area contributed by atoms with E-state index in [0.29, 0.717) is 30.8 Å². The molecule has 1 amide bonds. The van der Waals surface area contributed by atoms with Gasteiger partial charge in [0.15, 0.2) is 0 Å². The number of carbonyl (C=O) groups excluding carboxylic acids is 1. The maximum atomic E-state index is 14.2. The zero-order valence-corrected chi connectivity index (χ0v) is 19.9. The summed E-state index contributed by atoms with van der Waals surface area (Å²) in [5.41, 5.74) is 5.23. The van der Waals surface area contributed by atoms with Gasteiger partial charge in [0.1, 0.15) is 17.4 Å². The second kappa shape index (κ2) is 9.67.